The third kappa shape index (κ3) is 4.11. The molecule has 1 saturated carbocycles. The van der Waals surface area contributed by atoms with Crippen LogP contribution in [0.5, 0.6) is 0 Å². The highest BCUT2D eigenvalue weighted by Gasteiger charge is 2.44. The van der Waals surface area contributed by atoms with Gasteiger partial charge in [0.15, 0.2) is 5.78 Å². The van der Waals surface area contributed by atoms with Crippen LogP contribution < -0.4 is 0 Å². The Balaban J connectivity index is 1.93. The standard InChI is InChI=1S/C25H26ClFO4S/c1-4-15-5-6-16(20-10-9-19(26)13-22(20)27)12-21(15)23-24(28)17-7-8-18(11-17)25(23)31-32(29,30)14(2)3/h5-6,9-10,12-14,17-18H,4,7-8,11H2,1-3H3. The first-order valence-corrected chi connectivity index (χ1v) is 12.8. The summed E-state index contributed by atoms with van der Waals surface area (Å²) in [5.41, 5.74) is 2.80. The second-order valence-corrected chi connectivity index (χ2v) is 11.3. The number of benzene rings is 2. The molecule has 2 aromatic rings. The Morgan fingerprint density at radius 1 is 1.09 bits per heavy atom. The maximum Gasteiger partial charge on any atom is 0.311 e. The van der Waals surface area contributed by atoms with E-state index in [0.29, 0.717) is 46.5 Å². The van der Waals surface area contributed by atoms with Gasteiger partial charge in [0.1, 0.15) is 11.6 Å². The summed E-state index contributed by atoms with van der Waals surface area (Å²) < 4.78 is 45.5. The van der Waals surface area contributed by atoms with Gasteiger partial charge in [-0.3, -0.25) is 4.79 Å². The van der Waals surface area contributed by atoms with Crippen LogP contribution in [0.4, 0.5) is 4.39 Å². The third-order valence-electron chi connectivity index (χ3n) is 6.45. The lowest BCUT2D eigenvalue weighted by atomic mass is 9.81. The highest BCUT2D eigenvalue weighted by Crippen LogP contribution is 2.48. The van der Waals surface area contributed by atoms with Gasteiger partial charge in [0.2, 0.25) is 0 Å². The van der Waals surface area contributed by atoms with Crippen LogP contribution in [0.1, 0.15) is 51.2 Å². The van der Waals surface area contributed by atoms with Gasteiger partial charge in [-0.05, 0) is 80.5 Å². The van der Waals surface area contributed by atoms with Crippen LogP contribution in [0.3, 0.4) is 0 Å². The zero-order valence-corrected chi connectivity index (χ0v) is 19.9. The molecule has 0 aromatic heterocycles. The first-order valence-electron chi connectivity index (χ1n) is 10.9. The number of halogens is 2. The van der Waals surface area contributed by atoms with Crippen LogP contribution in [0.25, 0.3) is 16.7 Å². The van der Waals surface area contributed by atoms with Gasteiger partial charge in [-0.15, -0.1) is 0 Å². The van der Waals surface area contributed by atoms with Crippen molar-refractivity contribution in [1.82, 2.24) is 0 Å². The quantitative estimate of drug-likeness (QED) is 0.467. The lowest BCUT2D eigenvalue weighted by Gasteiger charge is -2.27. The van der Waals surface area contributed by atoms with Crippen molar-refractivity contribution in [2.45, 2.75) is 51.7 Å². The Bertz CT molecular complexity index is 1220. The van der Waals surface area contributed by atoms with Crippen molar-refractivity contribution >= 4 is 33.1 Å². The number of hydrogen-bond donors (Lipinski definition) is 0. The maximum atomic E-state index is 14.6. The number of aryl methyl sites for hydroxylation is 1. The van der Waals surface area contributed by atoms with Crippen molar-refractivity contribution in [3.05, 3.63) is 64.1 Å². The van der Waals surface area contributed by atoms with E-state index in [4.69, 9.17) is 15.8 Å². The zero-order valence-electron chi connectivity index (χ0n) is 18.3. The Labute approximate surface area is 193 Å². The van der Waals surface area contributed by atoms with Crippen LogP contribution in [0.15, 0.2) is 42.2 Å². The van der Waals surface area contributed by atoms with Gasteiger partial charge < -0.3 is 4.18 Å². The maximum absolute atomic E-state index is 14.6. The molecule has 0 heterocycles. The van der Waals surface area contributed by atoms with Crippen molar-refractivity contribution in [1.29, 1.82) is 0 Å². The van der Waals surface area contributed by atoms with E-state index in [2.05, 4.69) is 0 Å². The molecule has 4 rings (SSSR count). The second kappa shape index (κ2) is 8.64. The summed E-state index contributed by atoms with van der Waals surface area (Å²) in [6.07, 6.45) is 2.68. The lowest BCUT2D eigenvalue weighted by molar-refractivity contribution is -0.117. The molecular weight excluding hydrogens is 451 g/mol. The van der Waals surface area contributed by atoms with Gasteiger partial charge in [-0.2, -0.15) is 8.42 Å². The van der Waals surface area contributed by atoms with Crippen molar-refractivity contribution in [3.8, 4) is 11.1 Å². The largest absolute Gasteiger partial charge is 0.386 e. The van der Waals surface area contributed by atoms with E-state index in [-0.39, 0.29) is 23.4 Å². The average Bonchev–Trinajstić information content (AvgIpc) is 3.18. The Kier molecular flexibility index (Phi) is 6.21. The molecule has 1 fully saturated rings. The van der Waals surface area contributed by atoms with E-state index in [0.717, 1.165) is 12.0 Å². The average molecular weight is 477 g/mol. The van der Waals surface area contributed by atoms with Crippen LogP contribution >= 0.6 is 11.6 Å². The molecule has 0 spiro atoms. The Hall–Kier alpha value is -2.18. The number of allylic oxidation sites excluding steroid dienone is 2. The highest BCUT2D eigenvalue weighted by molar-refractivity contribution is 7.87. The number of ketones is 1. The Morgan fingerprint density at radius 2 is 1.81 bits per heavy atom. The zero-order chi connectivity index (χ0) is 23.2. The van der Waals surface area contributed by atoms with Crippen molar-refractivity contribution in [2.75, 3.05) is 0 Å². The molecule has 2 aliphatic carbocycles. The topological polar surface area (TPSA) is 60.4 Å². The van der Waals surface area contributed by atoms with Gasteiger partial charge in [-0.25, -0.2) is 4.39 Å². The molecule has 2 aliphatic rings. The molecule has 7 heteroatoms. The number of Topliss-reactive ketones (excluding diaryl/α,β-unsaturated/α-hetero) is 1. The summed E-state index contributed by atoms with van der Waals surface area (Å²) in [4.78, 5) is 13.5. The first-order chi connectivity index (χ1) is 15.1. The van der Waals surface area contributed by atoms with Crippen LogP contribution in [-0.4, -0.2) is 19.5 Å². The van der Waals surface area contributed by atoms with Gasteiger partial charge in [0.25, 0.3) is 0 Å². The molecule has 2 atom stereocenters. The molecule has 0 amide bonds. The molecule has 32 heavy (non-hydrogen) atoms. The minimum absolute atomic E-state index is 0.0869. The Morgan fingerprint density at radius 3 is 2.47 bits per heavy atom. The molecule has 0 N–H and O–H groups in total. The van der Waals surface area contributed by atoms with Gasteiger partial charge in [0, 0.05) is 22.4 Å². The number of rotatable bonds is 6. The van der Waals surface area contributed by atoms with E-state index in [1.807, 2.05) is 19.1 Å². The van der Waals surface area contributed by atoms with Crippen LogP contribution in [0.2, 0.25) is 5.02 Å². The summed E-state index contributed by atoms with van der Waals surface area (Å²) in [7, 11) is -3.86. The monoisotopic (exact) mass is 476 g/mol. The molecule has 2 bridgehead atoms. The van der Waals surface area contributed by atoms with Gasteiger partial charge in [-0.1, -0.05) is 30.7 Å². The lowest BCUT2D eigenvalue weighted by Crippen LogP contribution is -2.26. The fourth-order valence-corrected chi connectivity index (χ4v) is 5.41. The molecule has 4 nitrogen and oxygen atoms in total. The summed E-state index contributed by atoms with van der Waals surface area (Å²) >= 11 is 5.90. The fraction of sp³-hybridized carbons (Fsp3) is 0.400. The molecule has 2 aromatic carbocycles. The SMILES string of the molecule is CCc1ccc(-c2ccc(Cl)cc2F)cc1C1=C(OS(=O)(=O)C(C)C)C2CCC(C2)C1=O. The minimum Gasteiger partial charge on any atom is -0.386 e. The summed E-state index contributed by atoms with van der Waals surface area (Å²) in [5.74, 6) is -0.542. The van der Waals surface area contributed by atoms with Gasteiger partial charge >= 0.3 is 10.1 Å². The summed E-state index contributed by atoms with van der Waals surface area (Å²) in [6.45, 7) is 5.08. The first kappa shape index (κ1) is 23.0. The summed E-state index contributed by atoms with van der Waals surface area (Å²) in [6, 6.07) is 9.91. The van der Waals surface area contributed by atoms with Crippen LogP contribution in [-0.2, 0) is 25.5 Å². The molecule has 0 saturated heterocycles. The highest BCUT2D eigenvalue weighted by atomic mass is 35.5. The molecule has 2 unspecified atom stereocenters. The van der Waals surface area contributed by atoms with E-state index in [1.165, 1.54) is 6.07 Å². The smallest absolute Gasteiger partial charge is 0.311 e. The molecule has 0 radical (unpaired) electrons. The number of carbonyl (C=O) groups is 1. The minimum atomic E-state index is -3.86. The predicted molar refractivity (Wildman–Crippen MR) is 124 cm³/mol. The van der Waals surface area contributed by atoms with Crippen molar-refractivity contribution in [3.63, 3.8) is 0 Å². The number of fused-ring (bicyclic) bond motifs is 2. The molecule has 170 valence electrons. The van der Waals surface area contributed by atoms with Crippen molar-refractivity contribution in [2.24, 2.45) is 11.8 Å². The van der Waals surface area contributed by atoms with E-state index in [9.17, 15) is 17.6 Å². The van der Waals surface area contributed by atoms with E-state index >= 15 is 0 Å². The summed E-state index contributed by atoms with van der Waals surface area (Å²) in [5, 5.41) is -0.432. The van der Waals surface area contributed by atoms with Crippen molar-refractivity contribution < 1.29 is 21.8 Å². The molecule has 0 aliphatic heterocycles. The number of hydrogen-bond acceptors (Lipinski definition) is 4. The third-order valence-corrected chi connectivity index (χ3v) is 8.25. The van der Waals surface area contributed by atoms with E-state index < -0.39 is 21.2 Å². The molecular formula is C25H26ClFO4S. The van der Waals surface area contributed by atoms with Gasteiger partial charge in [0.05, 0.1) is 10.8 Å². The van der Waals surface area contributed by atoms with Crippen LogP contribution in [0, 0.1) is 17.7 Å². The number of carbonyl (C=O) groups excluding carboxylic acids is 1. The fourth-order valence-electron chi connectivity index (χ4n) is 4.59. The van der Waals surface area contributed by atoms with E-state index in [1.54, 1.807) is 32.0 Å². The predicted octanol–water partition coefficient (Wildman–Crippen LogP) is 6.17. The second-order valence-electron chi connectivity index (χ2n) is 8.78. The normalized spacial score (nSPS) is 20.9.